The van der Waals surface area contributed by atoms with E-state index in [1.807, 2.05) is 42.5 Å². The van der Waals surface area contributed by atoms with Gasteiger partial charge in [-0.2, -0.15) is 0 Å². The van der Waals surface area contributed by atoms with E-state index in [1.165, 1.54) is 0 Å². The monoisotopic (exact) mass is 588 g/mol. The molecule has 1 aromatic heterocycles. The van der Waals surface area contributed by atoms with E-state index in [-0.39, 0.29) is 18.9 Å². The second-order valence-electron chi connectivity index (χ2n) is 11.0. The summed E-state index contributed by atoms with van der Waals surface area (Å²) in [5.41, 5.74) is 5.05. The molecular weight excluding hydrogens is 563 g/mol. The van der Waals surface area contributed by atoms with Gasteiger partial charge in [0, 0.05) is 23.6 Å². The van der Waals surface area contributed by atoms with Crippen LogP contribution < -0.4 is 9.64 Å². The van der Waals surface area contributed by atoms with Crippen LogP contribution in [0.3, 0.4) is 0 Å². The third kappa shape index (κ3) is 4.57. The van der Waals surface area contributed by atoms with Gasteiger partial charge in [0.1, 0.15) is 23.8 Å². The molecule has 7 nitrogen and oxygen atoms in total. The summed E-state index contributed by atoms with van der Waals surface area (Å²) in [6, 6.07) is 18.7. The molecule has 2 fully saturated rings. The van der Waals surface area contributed by atoms with E-state index in [9.17, 15) is 9.59 Å². The van der Waals surface area contributed by atoms with E-state index in [0.717, 1.165) is 59.5 Å². The summed E-state index contributed by atoms with van der Waals surface area (Å²) in [4.78, 5) is 26.4. The molecule has 7 rings (SSSR count). The van der Waals surface area contributed by atoms with Crippen molar-refractivity contribution in [2.75, 3.05) is 4.90 Å². The second kappa shape index (κ2) is 9.93. The van der Waals surface area contributed by atoms with Crippen molar-refractivity contribution in [1.82, 2.24) is 5.16 Å². The van der Waals surface area contributed by atoms with E-state index in [4.69, 9.17) is 37.6 Å². The Labute approximate surface area is 246 Å². The Morgan fingerprint density at radius 2 is 1.80 bits per heavy atom. The first-order valence-electron chi connectivity index (χ1n) is 13.7. The zero-order valence-electron chi connectivity index (χ0n) is 22.0. The number of fused-ring (bicyclic) bond motifs is 2. The van der Waals surface area contributed by atoms with Gasteiger partial charge in [0.05, 0.1) is 26.7 Å². The van der Waals surface area contributed by atoms with Crippen molar-refractivity contribution < 1.29 is 24.0 Å². The smallest absolute Gasteiger partial charge is 0.303 e. The Balaban J connectivity index is 1.17. The maximum Gasteiger partial charge on any atom is 0.303 e. The number of hydrogen-bond acceptors (Lipinski definition) is 5. The number of aryl methyl sites for hydroxylation is 1. The average Bonchev–Trinajstić information content (AvgIpc) is 3.89. The highest BCUT2D eigenvalue weighted by atomic mass is 35.5. The number of carbonyl (C=O) groups excluding carboxylic acids is 1. The van der Waals surface area contributed by atoms with Gasteiger partial charge >= 0.3 is 5.97 Å². The number of aromatic nitrogens is 1. The van der Waals surface area contributed by atoms with Crippen molar-refractivity contribution in [3.8, 4) is 17.0 Å². The minimum absolute atomic E-state index is 0.0636. The van der Waals surface area contributed by atoms with Crippen LogP contribution in [0.1, 0.15) is 60.5 Å². The summed E-state index contributed by atoms with van der Waals surface area (Å²) >= 11 is 13.0. The van der Waals surface area contributed by atoms with Crippen molar-refractivity contribution in [3.05, 3.63) is 93.2 Å². The standard InChI is InChI=1S/C32H26Cl2N2O5/c33-24-2-1-3-25(34)28(24)29-22(30(41-35-29)19-7-8-19)17-40-21-11-12-26-23(16-21)32(14-15-32)31(39)36(26)20-9-4-18(5-10-20)6-13-27(37)38/h1-5,9-12,16,19H,6-8,13-15,17H2,(H,37,38). The molecule has 41 heavy (non-hydrogen) atoms. The molecule has 0 atom stereocenters. The van der Waals surface area contributed by atoms with Crippen molar-refractivity contribution in [2.24, 2.45) is 0 Å². The number of rotatable bonds is 9. The molecular formula is C32H26Cl2N2O5. The van der Waals surface area contributed by atoms with Gasteiger partial charge in [-0.25, -0.2) is 0 Å². The molecule has 1 amide bonds. The molecule has 1 aliphatic heterocycles. The van der Waals surface area contributed by atoms with Crippen LogP contribution in [0, 0.1) is 0 Å². The fourth-order valence-corrected chi connectivity index (χ4v) is 6.33. The number of hydrogen-bond donors (Lipinski definition) is 1. The van der Waals surface area contributed by atoms with Crippen molar-refractivity contribution in [1.29, 1.82) is 0 Å². The van der Waals surface area contributed by atoms with Gasteiger partial charge in [0.25, 0.3) is 0 Å². The van der Waals surface area contributed by atoms with Gasteiger partial charge in [0.2, 0.25) is 5.91 Å². The van der Waals surface area contributed by atoms with E-state index < -0.39 is 11.4 Å². The maximum atomic E-state index is 13.7. The molecule has 208 valence electrons. The van der Waals surface area contributed by atoms with Crippen molar-refractivity contribution >= 4 is 46.5 Å². The highest BCUT2D eigenvalue weighted by Gasteiger charge is 2.59. The molecule has 2 heterocycles. The molecule has 0 radical (unpaired) electrons. The SMILES string of the molecule is O=C(O)CCc1ccc(N2C(=O)C3(CC3)c3cc(OCc4c(-c5c(Cl)cccc5Cl)noc4C4CC4)ccc32)cc1. The number of carboxylic acids is 1. The molecule has 0 bridgehead atoms. The number of carboxylic acid groups (broad SMARTS) is 1. The first-order valence-corrected chi connectivity index (χ1v) is 14.5. The first-order chi connectivity index (χ1) is 19.9. The first kappa shape index (κ1) is 26.1. The lowest BCUT2D eigenvalue weighted by molar-refractivity contribution is -0.137. The van der Waals surface area contributed by atoms with Gasteiger partial charge in [0.15, 0.2) is 0 Å². The van der Waals surface area contributed by atoms with E-state index in [2.05, 4.69) is 5.16 Å². The highest BCUT2D eigenvalue weighted by Crippen LogP contribution is 2.59. The molecule has 3 aromatic carbocycles. The molecule has 4 aromatic rings. The average molecular weight is 589 g/mol. The van der Waals surface area contributed by atoms with Crippen LogP contribution in [0.25, 0.3) is 11.3 Å². The molecule has 0 saturated heterocycles. The Kier molecular flexibility index (Phi) is 6.32. The van der Waals surface area contributed by atoms with Gasteiger partial charge in [-0.05, 0) is 85.7 Å². The van der Waals surface area contributed by atoms with Gasteiger partial charge in [-0.15, -0.1) is 0 Å². The Morgan fingerprint density at radius 3 is 2.46 bits per heavy atom. The summed E-state index contributed by atoms with van der Waals surface area (Å²) in [7, 11) is 0. The molecule has 3 aliphatic rings. The molecule has 0 unspecified atom stereocenters. The Morgan fingerprint density at radius 1 is 1.07 bits per heavy atom. The number of anilines is 2. The molecule has 2 aliphatic carbocycles. The minimum atomic E-state index is -0.830. The van der Waals surface area contributed by atoms with E-state index in [1.54, 1.807) is 23.1 Å². The fraction of sp³-hybridized carbons (Fsp3) is 0.281. The summed E-state index contributed by atoms with van der Waals surface area (Å²) < 4.78 is 12.1. The van der Waals surface area contributed by atoms with Crippen LogP contribution in [0.4, 0.5) is 11.4 Å². The van der Waals surface area contributed by atoms with Crippen LogP contribution in [0.5, 0.6) is 5.75 Å². The number of benzene rings is 3. The number of halogens is 2. The lowest BCUT2D eigenvalue weighted by Gasteiger charge is -2.19. The van der Waals surface area contributed by atoms with Crippen LogP contribution in [0.15, 0.2) is 65.2 Å². The summed E-state index contributed by atoms with van der Waals surface area (Å²) in [5.74, 6) is 1.01. The van der Waals surface area contributed by atoms with Crippen molar-refractivity contribution in [2.45, 2.75) is 56.5 Å². The van der Waals surface area contributed by atoms with Crippen LogP contribution in [-0.4, -0.2) is 22.1 Å². The normalized spacial score (nSPS) is 16.7. The van der Waals surface area contributed by atoms with E-state index >= 15 is 0 Å². The maximum absolute atomic E-state index is 13.7. The highest BCUT2D eigenvalue weighted by molar-refractivity contribution is 6.39. The fourth-order valence-electron chi connectivity index (χ4n) is 5.75. The number of carbonyl (C=O) groups is 2. The minimum Gasteiger partial charge on any atom is -0.489 e. The third-order valence-corrected chi connectivity index (χ3v) is 8.89. The number of nitrogens with zero attached hydrogens (tertiary/aromatic N) is 2. The van der Waals surface area contributed by atoms with Crippen molar-refractivity contribution in [3.63, 3.8) is 0 Å². The van der Waals surface area contributed by atoms with Crippen LogP contribution >= 0.6 is 23.2 Å². The number of ether oxygens (including phenoxy) is 1. The largest absolute Gasteiger partial charge is 0.489 e. The quantitative estimate of drug-likeness (QED) is 0.214. The Bertz CT molecular complexity index is 1670. The predicted molar refractivity (Wildman–Crippen MR) is 155 cm³/mol. The van der Waals surface area contributed by atoms with Crippen LogP contribution in [-0.2, 0) is 28.0 Å². The summed E-state index contributed by atoms with van der Waals surface area (Å²) in [6.07, 6.45) is 4.18. The van der Waals surface area contributed by atoms with Gasteiger partial charge in [-0.1, -0.05) is 46.6 Å². The van der Waals surface area contributed by atoms with Crippen LogP contribution in [0.2, 0.25) is 10.0 Å². The zero-order chi connectivity index (χ0) is 28.3. The second-order valence-corrected chi connectivity index (χ2v) is 11.8. The lowest BCUT2D eigenvalue weighted by atomic mass is 9.98. The van der Waals surface area contributed by atoms with Gasteiger partial charge in [-0.3, -0.25) is 14.5 Å². The zero-order valence-corrected chi connectivity index (χ0v) is 23.5. The molecule has 9 heteroatoms. The third-order valence-electron chi connectivity index (χ3n) is 8.26. The molecule has 1 N–H and O–H groups in total. The molecule has 1 spiro atoms. The summed E-state index contributed by atoms with van der Waals surface area (Å²) in [6.45, 7) is 0.230. The topological polar surface area (TPSA) is 92.9 Å². The summed E-state index contributed by atoms with van der Waals surface area (Å²) in [5, 5.41) is 14.3. The van der Waals surface area contributed by atoms with Gasteiger partial charge < -0.3 is 14.4 Å². The predicted octanol–water partition coefficient (Wildman–Crippen LogP) is 7.83. The lowest BCUT2D eigenvalue weighted by Crippen LogP contribution is -2.27. The molecule has 2 saturated carbocycles. The number of amides is 1. The van der Waals surface area contributed by atoms with E-state index in [0.29, 0.717) is 39.4 Å². The number of aliphatic carboxylic acids is 1. The Hall–Kier alpha value is -3.81.